The summed E-state index contributed by atoms with van der Waals surface area (Å²) in [6.45, 7) is 6.31. The molecule has 0 unspecified atom stereocenters. The fraction of sp³-hybridized carbons (Fsp3) is 0.529. The zero-order valence-corrected chi connectivity index (χ0v) is 13.4. The molecule has 2 aromatic rings. The number of nitrogens with zero attached hydrogens (tertiary/aromatic N) is 4. The highest BCUT2D eigenvalue weighted by atomic mass is 16.5. The Bertz CT molecular complexity index is 660. The van der Waals surface area contributed by atoms with E-state index in [-0.39, 0.29) is 0 Å². The van der Waals surface area contributed by atoms with Gasteiger partial charge in [0.15, 0.2) is 0 Å². The number of ether oxygens (including phenoxy) is 1. The highest BCUT2D eigenvalue weighted by molar-refractivity contribution is 5.59. The number of hydrogen-bond acceptors (Lipinski definition) is 6. The van der Waals surface area contributed by atoms with E-state index >= 15 is 0 Å². The van der Waals surface area contributed by atoms with E-state index in [1.54, 1.807) is 0 Å². The van der Waals surface area contributed by atoms with Crippen molar-refractivity contribution in [3.63, 3.8) is 0 Å². The first-order valence-electron chi connectivity index (χ1n) is 8.40. The maximum absolute atomic E-state index is 5.81. The van der Waals surface area contributed by atoms with Crippen LogP contribution in [-0.4, -0.2) is 43.0 Å². The molecule has 0 bridgehead atoms. The monoisotopic (exact) mass is 314 g/mol. The molecule has 1 aliphatic carbocycles. The molecule has 6 nitrogen and oxygen atoms in total. The van der Waals surface area contributed by atoms with Gasteiger partial charge >= 0.3 is 6.01 Å². The van der Waals surface area contributed by atoms with Gasteiger partial charge in [0.25, 0.3) is 0 Å². The van der Waals surface area contributed by atoms with Gasteiger partial charge in [0, 0.05) is 32.1 Å². The van der Waals surface area contributed by atoms with Gasteiger partial charge in [-0.25, -0.2) is 0 Å². The first-order valence-corrected chi connectivity index (χ1v) is 8.40. The van der Waals surface area contributed by atoms with Crippen LogP contribution in [0.2, 0.25) is 0 Å². The highest BCUT2D eigenvalue weighted by Gasteiger charge is 2.31. The Labute approximate surface area is 136 Å². The van der Waals surface area contributed by atoms with E-state index in [2.05, 4.69) is 32.1 Å². The predicted molar refractivity (Wildman–Crippen MR) is 88.3 cm³/mol. The molecule has 0 amide bonds. The number of hydrogen-bond donors (Lipinski definition) is 0. The average Bonchev–Trinajstić information content (AvgIpc) is 3.33. The third-order valence-electron chi connectivity index (χ3n) is 4.41. The Kier molecular flexibility index (Phi) is 3.81. The fourth-order valence-corrected chi connectivity index (χ4v) is 2.98. The molecular weight excluding hydrogens is 292 g/mol. The second-order valence-corrected chi connectivity index (χ2v) is 6.07. The quantitative estimate of drug-likeness (QED) is 0.846. The smallest absolute Gasteiger partial charge is 0.318 e. The summed E-state index contributed by atoms with van der Waals surface area (Å²) in [5.41, 5.74) is 1.16. The van der Waals surface area contributed by atoms with E-state index < -0.39 is 0 Å². The van der Waals surface area contributed by atoms with Crippen LogP contribution < -0.4 is 14.5 Å². The van der Waals surface area contributed by atoms with E-state index in [9.17, 15) is 0 Å². The van der Waals surface area contributed by atoms with Crippen molar-refractivity contribution in [2.45, 2.75) is 25.7 Å². The van der Waals surface area contributed by atoms with Crippen molar-refractivity contribution in [1.29, 1.82) is 0 Å². The van der Waals surface area contributed by atoms with Crippen molar-refractivity contribution in [3.05, 3.63) is 30.2 Å². The fourth-order valence-electron chi connectivity index (χ4n) is 2.98. The Hall–Kier alpha value is -2.24. The van der Waals surface area contributed by atoms with Gasteiger partial charge < -0.3 is 19.0 Å². The molecule has 1 saturated carbocycles. The molecule has 4 rings (SSSR count). The van der Waals surface area contributed by atoms with E-state index in [0.717, 1.165) is 43.5 Å². The third kappa shape index (κ3) is 2.98. The van der Waals surface area contributed by atoms with Crippen LogP contribution in [0.5, 0.6) is 5.75 Å². The number of benzene rings is 1. The van der Waals surface area contributed by atoms with Gasteiger partial charge in [0.05, 0.1) is 12.3 Å². The molecule has 0 spiro atoms. The van der Waals surface area contributed by atoms with Gasteiger partial charge in [-0.3, -0.25) is 0 Å². The number of anilines is 2. The van der Waals surface area contributed by atoms with Crippen LogP contribution in [0.3, 0.4) is 0 Å². The minimum Gasteiger partial charge on any atom is -0.492 e. The summed E-state index contributed by atoms with van der Waals surface area (Å²) < 4.78 is 11.6. The number of rotatable bonds is 5. The Morgan fingerprint density at radius 3 is 2.57 bits per heavy atom. The first kappa shape index (κ1) is 14.4. The molecule has 6 heteroatoms. The summed E-state index contributed by atoms with van der Waals surface area (Å²) in [5, 5.41) is 8.39. The van der Waals surface area contributed by atoms with Crippen molar-refractivity contribution in [2.24, 2.45) is 0 Å². The minimum atomic E-state index is 0.510. The molecule has 1 aliphatic heterocycles. The standard InChI is InChI=1S/C17H22N4O2/c1-2-22-15-6-4-3-5-14(15)20-9-11-21(12-10-20)17-19-18-16(23-17)13-7-8-13/h3-6,13H,2,7-12H2,1H3. The van der Waals surface area contributed by atoms with Crippen molar-refractivity contribution in [3.8, 4) is 5.75 Å². The molecule has 1 aromatic carbocycles. The van der Waals surface area contributed by atoms with Crippen molar-refractivity contribution in [2.75, 3.05) is 42.6 Å². The van der Waals surface area contributed by atoms with Gasteiger partial charge in [0.2, 0.25) is 5.89 Å². The minimum absolute atomic E-state index is 0.510. The maximum atomic E-state index is 5.81. The molecule has 0 radical (unpaired) electrons. The van der Waals surface area contributed by atoms with E-state index in [1.807, 2.05) is 19.1 Å². The molecule has 122 valence electrons. The Balaban J connectivity index is 1.42. The molecular formula is C17H22N4O2. The molecule has 0 N–H and O–H groups in total. The van der Waals surface area contributed by atoms with Crippen LogP contribution >= 0.6 is 0 Å². The van der Waals surface area contributed by atoms with Gasteiger partial charge in [-0.2, -0.15) is 0 Å². The summed E-state index contributed by atoms with van der Waals surface area (Å²) in [4.78, 5) is 4.54. The van der Waals surface area contributed by atoms with Gasteiger partial charge in [-0.05, 0) is 31.9 Å². The Morgan fingerprint density at radius 1 is 1.09 bits per heavy atom. The largest absolute Gasteiger partial charge is 0.492 e. The van der Waals surface area contributed by atoms with Gasteiger partial charge in [-0.15, -0.1) is 5.10 Å². The third-order valence-corrected chi connectivity index (χ3v) is 4.41. The van der Waals surface area contributed by atoms with Crippen LogP contribution in [-0.2, 0) is 0 Å². The normalized spacial score (nSPS) is 18.3. The zero-order chi connectivity index (χ0) is 15.6. The van der Waals surface area contributed by atoms with Crippen molar-refractivity contribution in [1.82, 2.24) is 10.2 Å². The summed E-state index contributed by atoms with van der Waals surface area (Å²) in [7, 11) is 0. The number of aromatic nitrogens is 2. The predicted octanol–water partition coefficient (Wildman–Crippen LogP) is 2.67. The van der Waals surface area contributed by atoms with E-state index in [0.29, 0.717) is 18.5 Å². The van der Waals surface area contributed by atoms with Crippen molar-refractivity contribution < 1.29 is 9.15 Å². The molecule has 2 heterocycles. The van der Waals surface area contributed by atoms with Crippen LogP contribution in [0.25, 0.3) is 0 Å². The maximum Gasteiger partial charge on any atom is 0.318 e. The Morgan fingerprint density at radius 2 is 1.83 bits per heavy atom. The molecule has 2 fully saturated rings. The molecule has 23 heavy (non-hydrogen) atoms. The number of para-hydroxylation sites is 2. The second-order valence-electron chi connectivity index (χ2n) is 6.07. The lowest BCUT2D eigenvalue weighted by Crippen LogP contribution is -2.46. The number of piperazine rings is 1. The molecule has 1 saturated heterocycles. The summed E-state index contributed by atoms with van der Waals surface area (Å²) in [6.07, 6.45) is 2.37. The summed E-state index contributed by atoms with van der Waals surface area (Å²) >= 11 is 0. The van der Waals surface area contributed by atoms with Crippen LogP contribution in [0.15, 0.2) is 28.7 Å². The lowest BCUT2D eigenvalue weighted by atomic mass is 10.2. The average molecular weight is 314 g/mol. The highest BCUT2D eigenvalue weighted by Crippen LogP contribution is 2.40. The zero-order valence-electron chi connectivity index (χ0n) is 13.4. The molecule has 2 aliphatic rings. The van der Waals surface area contributed by atoms with Crippen LogP contribution in [0.4, 0.5) is 11.7 Å². The summed E-state index contributed by atoms with van der Waals surface area (Å²) in [6, 6.07) is 8.90. The second kappa shape index (κ2) is 6.10. The topological polar surface area (TPSA) is 54.6 Å². The van der Waals surface area contributed by atoms with E-state index in [1.165, 1.54) is 12.8 Å². The van der Waals surface area contributed by atoms with Gasteiger partial charge in [-0.1, -0.05) is 17.2 Å². The molecule has 0 atom stereocenters. The van der Waals surface area contributed by atoms with Crippen molar-refractivity contribution >= 4 is 11.7 Å². The van der Waals surface area contributed by atoms with Crippen LogP contribution in [0.1, 0.15) is 31.6 Å². The molecule has 1 aromatic heterocycles. The lowest BCUT2D eigenvalue weighted by molar-refractivity contribution is 0.340. The first-order chi connectivity index (χ1) is 11.3. The SMILES string of the molecule is CCOc1ccccc1N1CCN(c2nnc(C3CC3)o2)CC1. The lowest BCUT2D eigenvalue weighted by Gasteiger charge is -2.35. The van der Waals surface area contributed by atoms with E-state index in [4.69, 9.17) is 9.15 Å². The summed E-state index contributed by atoms with van der Waals surface area (Å²) in [5.74, 6) is 2.27. The van der Waals surface area contributed by atoms with Gasteiger partial charge in [0.1, 0.15) is 5.75 Å². The van der Waals surface area contributed by atoms with Crippen LogP contribution in [0, 0.1) is 0 Å².